The summed E-state index contributed by atoms with van der Waals surface area (Å²) in [7, 11) is 1.62. The van der Waals surface area contributed by atoms with Crippen LogP contribution in [-0.4, -0.2) is 48.7 Å². The molecule has 1 heterocycles. The van der Waals surface area contributed by atoms with Gasteiger partial charge in [-0.1, -0.05) is 37.3 Å². The van der Waals surface area contributed by atoms with Gasteiger partial charge in [0, 0.05) is 19.7 Å². The fourth-order valence-corrected chi connectivity index (χ4v) is 4.21. The van der Waals surface area contributed by atoms with E-state index in [9.17, 15) is 19.2 Å². The van der Waals surface area contributed by atoms with Crippen LogP contribution in [0.15, 0.2) is 48.3 Å². The fraction of sp³-hybridized carbons (Fsp3) is 0.483. The number of nitrogen functional groups attached to an aromatic ring is 1. The third-order valence-electron chi connectivity index (χ3n) is 6.42. The zero-order valence-electron chi connectivity index (χ0n) is 23.5. The Morgan fingerprint density at radius 3 is 2.59 bits per heavy atom. The molecule has 1 aromatic rings. The molecule has 0 saturated heterocycles. The van der Waals surface area contributed by atoms with Crippen molar-refractivity contribution in [3.8, 4) is 11.8 Å². The van der Waals surface area contributed by atoms with E-state index in [1.54, 1.807) is 40.0 Å². The van der Waals surface area contributed by atoms with Crippen LogP contribution in [0.3, 0.4) is 0 Å². The van der Waals surface area contributed by atoms with Crippen LogP contribution < -0.4 is 15.4 Å². The van der Waals surface area contributed by atoms with Gasteiger partial charge in [-0.3, -0.25) is 9.69 Å². The quantitative estimate of drug-likeness (QED) is 0.270. The monoisotopic (exact) mass is 560 g/mol. The van der Waals surface area contributed by atoms with Gasteiger partial charge in [-0.2, -0.15) is 5.26 Å². The third kappa shape index (κ3) is 8.49. The van der Waals surface area contributed by atoms with E-state index in [4.69, 9.17) is 26.8 Å². The van der Waals surface area contributed by atoms with Crippen molar-refractivity contribution < 1.29 is 23.5 Å². The largest absolute Gasteiger partial charge is 0.476 e. The molecule has 0 radical (unpaired) electrons. The second-order valence-electron chi connectivity index (χ2n) is 10.7. The molecule has 2 amide bonds. The molecule has 2 unspecified atom stereocenters. The van der Waals surface area contributed by atoms with Gasteiger partial charge in [0.05, 0.1) is 40.3 Å². The molecule has 8 nitrogen and oxygen atoms in total. The van der Waals surface area contributed by atoms with E-state index < -0.39 is 23.2 Å². The first-order valence-electron chi connectivity index (χ1n) is 12.7. The van der Waals surface area contributed by atoms with E-state index in [-0.39, 0.29) is 41.3 Å². The molecule has 10 heteroatoms. The van der Waals surface area contributed by atoms with Crippen molar-refractivity contribution in [3.05, 3.63) is 53.4 Å². The summed E-state index contributed by atoms with van der Waals surface area (Å²) in [6.07, 6.45) is 4.11. The number of hydrogen-bond donors (Lipinski definition) is 1. The standard InChI is InChI=1S/C29H38ClFN4O4/c1-8-20(11-10-19(3)31)16-29(9-2,18-32)12-13-34(7)26(36)25-17-35(27(37)39-28(4,5)6)23-14-21(30)22(33)15-24(23)38-25/h8,10-11,14-15,25H,1,9,12-13,16-17,33H2,2-7H3. The molecular formula is C29H38ClFN4O4. The number of amides is 2. The van der Waals surface area contributed by atoms with Gasteiger partial charge in [-0.15, -0.1) is 0 Å². The average Bonchev–Trinajstić information content (AvgIpc) is 2.87. The van der Waals surface area contributed by atoms with Crippen molar-refractivity contribution in [2.45, 2.75) is 65.6 Å². The van der Waals surface area contributed by atoms with Crippen molar-refractivity contribution in [2.75, 3.05) is 30.8 Å². The highest BCUT2D eigenvalue weighted by molar-refractivity contribution is 6.33. The Morgan fingerprint density at radius 2 is 2.05 bits per heavy atom. The highest BCUT2D eigenvalue weighted by atomic mass is 35.5. The van der Waals surface area contributed by atoms with Gasteiger partial charge in [0.25, 0.3) is 5.91 Å². The molecule has 0 spiro atoms. The number of ether oxygens (including phenoxy) is 2. The van der Waals surface area contributed by atoms with E-state index >= 15 is 0 Å². The Balaban J connectivity index is 2.26. The van der Waals surface area contributed by atoms with Gasteiger partial charge >= 0.3 is 6.09 Å². The number of likely N-dealkylation sites (N-methyl/N-ethyl adjacent to an activating group) is 1. The van der Waals surface area contributed by atoms with Gasteiger partial charge in [-0.05, 0) is 64.7 Å². The summed E-state index contributed by atoms with van der Waals surface area (Å²) in [5.41, 5.74) is 5.72. The maximum absolute atomic E-state index is 13.5. The van der Waals surface area contributed by atoms with Crippen molar-refractivity contribution in [3.63, 3.8) is 0 Å². The molecule has 39 heavy (non-hydrogen) atoms. The normalized spacial score (nSPS) is 17.3. The number of rotatable bonds is 9. The number of hydrogen-bond acceptors (Lipinski definition) is 6. The van der Waals surface area contributed by atoms with Crippen LogP contribution in [0.4, 0.5) is 20.6 Å². The van der Waals surface area contributed by atoms with Crippen molar-refractivity contribution >= 4 is 35.0 Å². The Kier molecular flexibility index (Phi) is 10.6. The number of benzene rings is 1. The lowest BCUT2D eigenvalue weighted by Gasteiger charge is -2.37. The van der Waals surface area contributed by atoms with Crippen LogP contribution in [0, 0.1) is 16.7 Å². The number of allylic oxidation sites excluding steroid dienone is 5. The molecule has 0 saturated carbocycles. The lowest BCUT2D eigenvalue weighted by atomic mass is 9.77. The summed E-state index contributed by atoms with van der Waals surface area (Å²) in [5, 5.41) is 10.3. The molecule has 1 aromatic carbocycles. The molecule has 0 bridgehead atoms. The Hall–Kier alpha value is -3.51. The minimum atomic E-state index is -1.03. The van der Waals surface area contributed by atoms with Crippen LogP contribution in [0.2, 0.25) is 5.02 Å². The topological polar surface area (TPSA) is 109 Å². The predicted molar refractivity (Wildman–Crippen MR) is 152 cm³/mol. The number of nitrogens with two attached hydrogens (primary N) is 1. The number of carbonyl (C=O) groups is 2. The molecule has 2 rings (SSSR count). The smallest absolute Gasteiger partial charge is 0.415 e. The first-order chi connectivity index (χ1) is 18.1. The van der Waals surface area contributed by atoms with Gasteiger partial charge in [-0.25, -0.2) is 9.18 Å². The zero-order chi connectivity index (χ0) is 29.5. The van der Waals surface area contributed by atoms with Crippen molar-refractivity contribution in [1.29, 1.82) is 5.26 Å². The van der Waals surface area contributed by atoms with Crippen LogP contribution >= 0.6 is 11.6 Å². The van der Waals surface area contributed by atoms with Crippen LogP contribution in [0.5, 0.6) is 5.75 Å². The van der Waals surface area contributed by atoms with Crippen molar-refractivity contribution in [1.82, 2.24) is 4.90 Å². The molecule has 0 aromatic heterocycles. The van der Waals surface area contributed by atoms with E-state index in [0.717, 1.165) is 5.57 Å². The molecular weight excluding hydrogens is 523 g/mol. The minimum absolute atomic E-state index is 0.0965. The summed E-state index contributed by atoms with van der Waals surface area (Å²) >= 11 is 6.20. The molecule has 2 N–H and O–H groups in total. The molecule has 0 aliphatic carbocycles. The lowest BCUT2D eigenvalue weighted by Crippen LogP contribution is -2.52. The first kappa shape index (κ1) is 31.7. The second kappa shape index (κ2) is 13.0. The number of carbonyl (C=O) groups excluding carboxylic acids is 2. The van der Waals surface area contributed by atoms with Crippen molar-refractivity contribution in [2.24, 2.45) is 5.41 Å². The number of nitriles is 1. The fourth-order valence-electron chi connectivity index (χ4n) is 4.05. The van der Waals surface area contributed by atoms with Crippen LogP contribution in [-0.2, 0) is 9.53 Å². The highest BCUT2D eigenvalue weighted by Crippen LogP contribution is 2.40. The summed E-state index contributed by atoms with van der Waals surface area (Å²) in [6.45, 7) is 12.4. The van der Waals surface area contributed by atoms with E-state index in [2.05, 4.69) is 12.6 Å². The third-order valence-corrected chi connectivity index (χ3v) is 6.75. The zero-order valence-corrected chi connectivity index (χ0v) is 24.3. The summed E-state index contributed by atoms with van der Waals surface area (Å²) in [5.74, 6) is -0.490. The van der Waals surface area contributed by atoms with Crippen LogP contribution in [0.1, 0.15) is 53.9 Å². The van der Waals surface area contributed by atoms with E-state index in [1.807, 2.05) is 6.92 Å². The summed E-state index contributed by atoms with van der Waals surface area (Å²) in [6, 6.07) is 5.37. The maximum atomic E-state index is 13.5. The van der Waals surface area contributed by atoms with Gasteiger partial charge in [0.15, 0.2) is 6.10 Å². The summed E-state index contributed by atoms with van der Waals surface area (Å²) < 4.78 is 24.7. The molecule has 212 valence electrons. The molecule has 1 aliphatic heterocycles. The molecule has 0 fully saturated rings. The summed E-state index contributed by atoms with van der Waals surface area (Å²) in [4.78, 5) is 29.3. The van der Waals surface area contributed by atoms with E-state index in [0.29, 0.717) is 24.9 Å². The van der Waals surface area contributed by atoms with Crippen LogP contribution in [0.25, 0.3) is 0 Å². The second-order valence-corrected chi connectivity index (χ2v) is 11.1. The Labute approximate surface area is 235 Å². The number of fused-ring (bicyclic) bond motifs is 1. The molecule has 2 atom stereocenters. The van der Waals surface area contributed by atoms with Gasteiger partial charge < -0.3 is 20.1 Å². The lowest BCUT2D eigenvalue weighted by molar-refractivity contribution is -0.137. The SMILES string of the molecule is C=CC(=CC=C(C)F)CC(C#N)(CC)CCN(C)C(=O)C1CN(C(=O)OC(C)(C)C)c2cc(Cl)c(N)cc2O1. The van der Waals surface area contributed by atoms with E-state index in [1.165, 1.54) is 34.9 Å². The number of halogens is 2. The average molecular weight is 561 g/mol. The Bertz CT molecular complexity index is 1200. The minimum Gasteiger partial charge on any atom is -0.476 e. The maximum Gasteiger partial charge on any atom is 0.415 e. The molecule has 1 aliphatic rings. The Morgan fingerprint density at radius 1 is 1.38 bits per heavy atom. The van der Waals surface area contributed by atoms with Gasteiger partial charge in [0.2, 0.25) is 0 Å². The first-order valence-corrected chi connectivity index (χ1v) is 13.1. The predicted octanol–water partition coefficient (Wildman–Crippen LogP) is 6.57. The van der Waals surface area contributed by atoms with Gasteiger partial charge in [0.1, 0.15) is 11.4 Å². The number of anilines is 2. The highest BCUT2D eigenvalue weighted by Gasteiger charge is 2.38. The number of nitrogens with zero attached hydrogens (tertiary/aromatic N) is 3.